The number of benzene rings is 1. The first-order valence-electron chi connectivity index (χ1n) is 5.89. The molecule has 0 saturated carbocycles. The van der Waals surface area contributed by atoms with Crippen LogP contribution in [0.2, 0.25) is 5.02 Å². The van der Waals surface area contributed by atoms with Crippen molar-refractivity contribution in [3.63, 3.8) is 0 Å². The van der Waals surface area contributed by atoms with Gasteiger partial charge >= 0.3 is 6.03 Å². The van der Waals surface area contributed by atoms with Crippen molar-refractivity contribution >= 4 is 35.1 Å². The third-order valence-corrected chi connectivity index (χ3v) is 3.76. The van der Waals surface area contributed by atoms with Crippen LogP contribution in [0.1, 0.15) is 6.42 Å². The van der Waals surface area contributed by atoms with E-state index in [1.165, 1.54) is 0 Å². The van der Waals surface area contributed by atoms with E-state index in [1.54, 1.807) is 18.2 Å². The molecule has 1 aromatic rings. The lowest BCUT2D eigenvalue weighted by atomic mass is 10.3. The Labute approximate surface area is 124 Å². The molecule has 0 spiro atoms. The quantitative estimate of drug-likeness (QED) is 0.533. The number of alkyl halides is 2. The summed E-state index contributed by atoms with van der Waals surface area (Å²) in [4.78, 5) is 12.0. The zero-order chi connectivity index (χ0) is 15.0. The van der Waals surface area contributed by atoms with Gasteiger partial charge in [0.25, 0.3) is 0 Å². The number of anilines is 1. The molecule has 4 nitrogen and oxygen atoms in total. The zero-order valence-corrected chi connectivity index (χ0v) is 12.1. The fourth-order valence-electron chi connectivity index (χ4n) is 1.35. The second kappa shape index (κ2) is 8.99. The Hall–Kier alpha value is -1.05. The maximum Gasteiger partial charge on any atom is 0.319 e. The molecule has 8 heteroatoms. The minimum absolute atomic E-state index is 0.0209. The second-order valence-electron chi connectivity index (χ2n) is 3.78. The van der Waals surface area contributed by atoms with Crippen LogP contribution in [0.25, 0.3) is 0 Å². The van der Waals surface area contributed by atoms with Crippen molar-refractivity contribution in [2.75, 3.05) is 24.2 Å². The van der Waals surface area contributed by atoms with Crippen molar-refractivity contribution in [3.8, 4) is 0 Å². The number of aliphatic hydroxyl groups is 1. The third kappa shape index (κ3) is 5.94. The number of halogens is 3. The lowest BCUT2D eigenvalue weighted by molar-refractivity contribution is 0.177. The van der Waals surface area contributed by atoms with E-state index in [0.29, 0.717) is 28.6 Å². The third-order valence-electron chi connectivity index (χ3n) is 2.19. The number of rotatable bonds is 7. The number of carbonyl (C=O) groups excluding carboxylic acids is 1. The van der Waals surface area contributed by atoms with Gasteiger partial charge in [-0.15, -0.1) is 11.8 Å². The number of urea groups is 1. The molecule has 0 aliphatic carbocycles. The van der Waals surface area contributed by atoms with Crippen molar-refractivity contribution in [2.24, 2.45) is 0 Å². The summed E-state index contributed by atoms with van der Waals surface area (Å²) < 4.78 is 24.5. The molecule has 1 aromatic carbocycles. The molecule has 0 radical (unpaired) electrons. The second-order valence-corrected chi connectivity index (χ2v) is 5.21. The molecule has 0 bridgehead atoms. The molecule has 0 aliphatic heterocycles. The van der Waals surface area contributed by atoms with E-state index < -0.39 is 18.2 Å². The highest BCUT2D eigenvalue weighted by Gasteiger charge is 2.13. The lowest BCUT2D eigenvalue weighted by Gasteiger charge is -2.12. The molecule has 2 amide bonds. The maximum atomic E-state index is 12.3. The van der Waals surface area contributed by atoms with Gasteiger partial charge in [0.05, 0.1) is 16.5 Å². The molecule has 20 heavy (non-hydrogen) atoms. The van der Waals surface area contributed by atoms with Crippen molar-refractivity contribution in [2.45, 2.75) is 17.7 Å². The van der Waals surface area contributed by atoms with E-state index in [1.807, 2.05) is 0 Å². The molecule has 1 rings (SSSR count). The molecule has 0 atom stereocenters. The number of hydrogen-bond donors (Lipinski definition) is 3. The Morgan fingerprint density at radius 1 is 1.45 bits per heavy atom. The SMILES string of the molecule is O=C(NCCCO)Nc1cccc(Cl)c1SCC(F)F. The summed E-state index contributed by atoms with van der Waals surface area (Å²) >= 11 is 6.84. The van der Waals surface area contributed by atoms with Crippen molar-refractivity contribution < 1.29 is 18.7 Å². The smallest absolute Gasteiger partial charge is 0.319 e. The summed E-state index contributed by atoms with van der Waals surface area (Å²) in [6, 6.07) is 4.31. The summed E-state index contributed by atoms with van der Waals surface area (Å²) in [6.07, 6.45) is -2.02. The molecule has 0 saturated heterocycles. The van der Waals surface area contributed by atoms with E-state index in [9.17, 15) is 13.6 Å². The first-order valence-corrected chi connectivity index (χ1v) is 7.26. The predicted octanol–water partition coefficient (Wildman–Crippen LogP) is 3.20. The number of nitrogens with one attached hydrogen (secondary N) is 2. The van der Waals surface area contributed by atoms with E-state index in [2.05, 4.69) is 10.6 Å². The van der Waals surface area contributed by atoms with Crippen molar-refractivity contribution in [1.82, 2.24) is 5.32 Å². The number of amides is 2. The van der Waals surface area contributed by atoms with Crippen LogP contribution in [0.4, 0.5) is 19.3 Å². The number of thioether (sulfide) groups is 1. The Kier molecular flexibility index (Phi) is 7.64. The highest BCUT2D eigenvalue weighted by molar-refractivity contribution is 7.99. The van der Waals surface area contributed by atoms with Crippen LogP contribution in [-0.2, 0) is 0 Å². The fourth-order valence-corrected chi connectivity index (χ4v) is 2.46. The van der Waals surface area contributed by atoms with Crippen LogP contribution in [0, 0.1) is 0 Å². The van der Waals surface area contributed by atoms with Crippen LogP contribution < -0.4 is 10.6 Å². The fraction of sp³-hybridized carbons (Fsp3) is 0.417. The average molecular weight is 325 g/mol. The van der Waals surface area contributed by atoms with Crippen LogP contribution >= 0.6 is 23.4 Å². The van der Waals surface area contributed by atoms with Gasteiger partial charge in [-0.05, 0) is 18.6 Å². The van der Waals surface area contributed by atoms with Gasteiger partial charge in [0.1, 0.15) is 0 Å². The minimum Gasteiger partial charge on any atom is -0.396 e. The highest BCUT2D eigenvalue weighted by atomic mass is 35.5. The average Bonchev–Trinajstić information content (AvgIpc) is 2.38. The van der Waals surface area contributed by atoms with E-state index in [-0.39, 0.29) is 6.61 Å². The Bertz CT molecular complexity index is 449. The Morgan fingerprint density at radius 3 is 2.85 bits per heavy atom. The summed E-state index contributed by atoms with van der Waals surface area (Å²) in [6.45, 7) is 0.301. The van der Waals surface area contributed by atoms with Gasteiger partial charge in [0, 0.05) is 18.0 Å². The standard InChI is InChI=1S/C12H15ClF2N2O2S/c13-8-3-1-4-9(11(8)20-7-10(14)15)17-12(19)16-5-2-6-18/h1,3-4,10,18H,2,5-7H2,(H2,16,17,19). The molecule has 0 heterocycles. The van der Waals surface area contributed by atoms with E-state index in [4.69, 9.17) is 16.7 Å². The zero-order valence-electron chi connectivity index (χ0n) is 10.5. The van der Waals surface area contributed by atoms with Gasteiger partial charge in [0.2, 0.25) is 6.43 Å². The maximum absolute atomic E-state index is 12.3. The molecule has 0 fully saturated rings. The summed E-state index contributed by atoms with van der Waals surface area (Å²) in [7, 11) is 0. The lowest BCUT2D eigenvalue weighted by Crippen LogP contribution is -2.30. The minimum atomic E-state index is -2.46. The van der Waals surface area contributed by atoms with Gasteiger partial charge in [-0.1, -0.05) is 17.7 Å². The first kappa shape index (κ1) is 17.0. The van der Waals surface area contributed by atoms with Gasteiger partial charge in [0.15, 0.2) is 0 Å². The molecule has 112 valence electrons. The monoisotopic (exact) mass is 324 g/mol. The molecule has 0 aliphatic rings. The summed E-state index contributed by atoms with van der Waals surface area (Å²) in [5.74, 6) is -0.398. The van der Waals surface area contributed by atoms with E-state index in [0.717, 1.165) is 11.8 Å². The van der Waals surface area contributed by atoms with Crippen LogP contribution in [0.3, 0.4) is 0 Å². The van der Waals surface area contributed by atoms with E-state index >= 15 is 0 Å². The summed E-state index contributed by atoms with van der Waals surface area (Å²) in [5.41, 5.74) is 0.379. The molecular formula is C12H15ClF2N2O2S. The molecule has 3 N–H and O–H groups in total. The van der Waals surface area contributed by atoms with Crippen molar-refractivity contribution in [3.05, 3.63) is 23.2 Å². The van der Waals surface area contributed by atoms with Gasteiger partial charge in [-0.25, -0.2) is 13.6 Å². The molecule has 0 aromatic heterocycles. The topological polar surface area (TPSA) is 61.4 Å². The largest absolute Gasteiger partial charge is 0.396 e. The van der Waals surface area contributed by atoms with Crippen LogP contribution in [0.15, 0.2) is 23.1 Å². The Balaban J connectivity index is 2.68. The number of aliphatic hydroxyl groups excluding tert-OH is 1. The predicted molar refractivity (Wildman–Crippen MR) is 76.9 cm³/mol. The van der Waals surface area contributed by atoms with Crippen molar-refractivity contribution in [1.29, 1.82) is 0 Å². The van der Waals surface area contributed by atoms with Gasteiger partial charge in [-0.3, -0.25) is 0 Å². The number of hydrogen-bond acceptors (Lipinski definition) is 3. The Morgan fingerprint density at radius 2 is 2.20 bits per heavy atom. The van der Waals surface area contributed by atoms with Crippen LogP contribution in [-0.4, -0.2) is 36.5 Å². The van der Waals surface area contributed by atoms with Gasteiger partial charge in [-0.2, -0.15) is 0 Å². The van der Waals surface area contributed by atoms with Gasteiger partial charge < -0.3 is 15.7 Å². The molecular weight excluding hydrogens is 310 g/mol. The van der Waals surface area contributed by atoms with Crippen LogP contribution in [0.5, 0.6) is 0 Å². The molecule has 0 unspecified atom stereocenters. The summed E-state index contributed by atoms with van der Waals surface area (Å²) in [5, 5.41) is 14.0. The first-order chi connectivity index (χ1) is 9.54. The normalized spacial score (nSPS) is 10.7. The number of carbonyl (C=O) groups is 1. The highest BCUT2D eigenvalue weighted by Crippen LogP contribution is 2.34.